The first kappa shape index (κ1) is 11.1. The van der Waals surface area contributed by atoms with Crippen LogP contribution in [0.3, 0.4) is 0 Å². The number of hydrogen-bond donors (Lipinski definition) is 0. The maximum atomic E-state index is 2.59. The van der Waals surface area contributed by atoms with Gasteiger partial charge in [0.25, 0.3) is 0 Å². The molecule has 0 radical (unpaired) electrons. The molecule has 0 aromatic rings. The Labute approximate surface area is 101 Å². The first-order valence-corrected chi connectivity index (χ1v) is 7.20. The zero-order valence-corrected chi connectivity index (χ0v) is 11.9. The maximum Gasteiger partial charge on any atom is -0.0238 e. The minimum absolute atomic E-state index is 0.606. The number of fused-ring (bicyclic) bond motifs is 1. The first-order valence-electron chi connectivity index (χ1n) is 7.20. The van der Waals surface area contributed by atoms with Gasteiger partial charge in [0, 0.05) is 0 Å². The Morgan fingerprint density at radius 1 is 0.812 bits per heavy atom. The molecule has 5 aliphatic rings. The molecule has 0 amide bonds. The third-order valence-corrected chi connectivity index (χ3v) is 7.39. The van der Waals surface area contributed by atoms with E-state index in [1.165, 1.54) is 19.3 Å². The molecule has 5 unspecified atom stereocenters. The summed E-state index contributed by atoms with van der Waals surface area (Å²) in [4.78, 5) is 0. The zero-order chi connectivity index (χ0) is 11.9. The van der Waals surface area contributed by atoms with E-state index in [1.807, 2.05) is 0 Å². The highest BCUT2D eigenvalue weighted by molar-refractivity contribution is 5.18. The third-order valence-electron chi connectivity index (χ3n) is 7.39. The second-order valence-electron chi connectivity index (χ2n) is 8.57. The highest BCUT2D eigenvalue weighted by atomic mass is 14.7. The van der Waals surface area contributed by atoms with Gasteiger partial charge in [-0.2, -0.15) is 0 Å². The lowest BCUT2D eigenvalue weighted by atomic mass is 9.36. The number of rotatable bonds is 0. The normalized spacial score (nSPS) is 56.6. The summed E-state index contributed by atoms with van der Waals surface area (Å²) in [6.45, 7) is 15.3. The van der Waals surface area contributed by atoms with Crippen molar-refractivity contribution in [2.24, 2.45) is 39.9 Å². The van der Waals surface area contributed by atoms with Gasteiger partial charge in [0.2, 0.25) is 0 Å². The van der Waals surface area contributed by atoms with E-state index >= 15 is 0 Å². The maximum absolute atomic E-state index is 2.59. The summed E-state index contributed by atoms with van der Waals surface area (Å²) in [7, 11) is 0. The summed E-state index contributed by atoms with van der Waals surface area (Å²) in [5.74, 6) is 3.98. The molecule has 5 aliphatic carbocycles. The third kappa shape index (κ3) is 0.985. The Balaban J connectivity index is 2.06. The van der Waals surface area contributed by atoms with Crippen LogP contribution in [0.1, 0.15) is 60.8 Å². The van der Waals surface area contributed by atoms with Crippen molar-refractivity contribution in [2.45, 2.75) is 60.8 Å². The highest BCUT2D eigenvalue weighted by Gasteiger charge is 2.70. The second-order valence-corrected chi connectivity index (χ2v) is 8.57. The predicted molar refractivity (Wildman–Crippen MR) is 69.2 cm³/mol. The molecule has 4 bridgehead atoms. The van der Waals surface area contributed by atoms with Crippen LogP contribution < -0.4 is 0 Å². The van der Waals surface area contributed by atoms with Crippen LogP contribution in [-0.4, -0.2) is 0 Å². The van der Waals surface area contributed by atoms with E-state index in [2.05, 4.69) is 41.5 Å². The lowest BCUT2D eigenvalue weighted by Gasteiger charge is -2.69. The number of hydrogen-bond acceptors (Lipinski definition) is 0. The van der Waals surface area contributed by atoms with E-state index in [0.29, 0.717) is 16.2 Å². The molecule has 5 fully saturated rings. The molecular formula is C16H28. The minimum atomic E-state index is 0.606. The Morgan fingerprint density at radius 2 is 1.44 bits per heavy atom. The van der Waals surface area contributed by atoms with Crippen molar-refractivity contribution in [3.63, 3.8) is 0 Å². The van der Waals surface area contributed by atoms with Crippen LogP contribution in [0, 0.1) is 39.9 Å². The highest BCUT2D eigenvalue weighted by Crippen LogP contribution is 2.77. The topological polar surface area (TPSA) is 0 Å². The van der Waals surface area contributed by atoms with Gasteiger partial charge in [-0.05, 0) is 59.2 Å². The molecule has 0 heterocycles. The molecule has 0 saturated heterocycles. The average Bonchev–Trinajstić information content (AvgIpc) is 2.32. The lowest BCUT2D eigenvalue weighted by molar-refractivity contribution is -0.205. The fourth-order valence-electron chi connectivity index (χ4n) is 6.12. The van der Waals surface area contributed by atoms with E-state index in [4.69, 9.17) is 0 Å². The van der Waals surface area contributed by atoms with Gasteiger partial charge in [-0.3, -0.25) is 0 Å². The second kappa shape index (κ2) is 2.70. The van der Waals surface area contributed by atoms with Crippen LogP contribution in [0.15, 0.2) is 0 Å². The Hall–Kier alpha value is 0. The Kier molecular flexibility index (Phi) is 1.87. The molecule has 16 heavy (non-hydrogen) atoms. The summed E-state index contributed by atoms with van der Waals surface area (Å²) < 4.78 is 0. The van der Waals surface area contributed by atoms with E-state index in [-0.39, 0.29) is 0 Å². The van der Waals surface area contributed by atoms with Gasteiger partial charge in [-0.15, -0.1) is 0 Å². The first-order chi connectivity index (χ1) is 7.20. The molecule has 5 rings (SSSR count). The van der Waals surface area contributed by atoms with Crippen molar-refractivity contribution < 1.29 is 0 Å². The SMILES string of the molecule is CC1CC2(C)C3CC(C)(C)C1CC3C2(C)C. The smallest absolute Gasteiger partial charge is 0.0238 e. The van der Waals surface area contributed by atoms with Crippen molar-refractivity contribution in [2.75, 3.05) is 0 Å². The van der Waals surface area contributed by atoms with Gasteiger partial charge in [0.15, 0.2) is 0 Å². The molecule has 0 spiro atoms. The van der Waals surface area contributed by atoms with E-state index < -0.39 is 0 Å². The molecule has 0 heteroatoms. The van der Waals surface area contributed by atoms with Crippen molar-refractivity contribution in [3.8, 4) is 0 Å². The van der Waals surface area contributed by atoms with Crippen LogP contribution in [0.5, 0.6) is 0 Å². The monoisotopic (exact) mass is 220 g/mol. The van der Waals surface area contributed by atoms with Crippen molar-refractivity contribution in [1.29, 1.82) is 0 Å². The van der Waals surface area contributed by atoms with Gasteiger partial charge < -0.3 is 0 Å². The van der Waals surface area contributed by atoms with E-state index in [1.54, 1.807) is 0 Å². The molecular weight excluding hydrogens is 192 g/mol. The van der Waals surface area contributed by atoms with Crippen LogP contribution in [-0.2, 0) is 0 Å². The fourth-order valence-corrected chi connectivity index (χ4v) is 6.12. The molecule has 0 aromatic heterocycles. The van der Waals surface area contributed by atoms with Gasteiger partial charge in [0.1, 0.15) is 0 Å². The molecule has 0 aliphatic heterocycles. The Morgan fingerprint density at radius 3 is 2.06 bits per heavy atom. The van der Waals surface area contributed by atoms with Gasteiger partial charge >= 0.3 is 0 Å². The molecule has 5 atom stereocenters. The molecule has 92 valence electrons. The van der Waals surface area contributed by atoms with E-state index in [9.17, 15) is 0 Å². The standard InChI is InChI=1S/C16H28/c1-10-8-16(6)13-9-14(2,3)11(10)7-12(13)15(16,4)5/h10-13H,7-9H2,1-6H3. The van der Waals surface area contributed by atoms with Crippen LogP contribution in [0.2, 0.25) is 0 Å². The van der Waals surface area contributed by atoms with Crippen LogP contribution >= 0.6 is 0 Å². The average molecular weight is 220 g/mol. The van der Waals surface area contributed by atoms with Crippen molar-refractivity contribution in [1.82, 2.24) is 0 Å². The summed E-state index contributed by atoms with van der Waals surface area (Å²) in [6.07, 6.45) is 4.49. The van der Waals surface area contributed by atoms with E-state index in [0.717, 1.165) is 23.7 Å². The van der Waals surface area contributed by atoms with Gasteiger partial charge in [-0.1, -0.05) is 41.5 Å². The summed E-state index contributed by atoms with van der Waals surface area (Å²) in [5.41, 5.74) is 1.85. The van der Waals surface area contributed by atoms with Gasteiger partial charge in [0.05, 0.1) is 0 Å². The Bertz CT molecular complexity index is 325. The lowest BCUT2D eigenvalue weighted by Crippen LogP contribution is -2.62. The van der Waals surface area contributed by atoms with Crippen LogP contribution in [0.4, 0.5) is 0 Å². The summed E-state index contributed by atoms with van der Waals surface area (Å²) in [5, 5.41) is 0. The van der Waals surface area contributed by atoms with Crippen molar-refractivity contribution in [3.05, 3.63) is 0 Å². The van der Waals surface area contributed by atoms with Crippen molar-refractivity contribution >= 4 is 0 Å². The quantitative estimate of drug-likeness (QED) is 0.553. The van der Waals surface area contributed by atoms with Gasteiger partial charge in [-0.25, -0.2) is 0 Å². The zero-order valence-electron chi connectivity index (χ0n) is 11.9. The molecule has 5 saturated carbocycles. The summed E-state index contributed by atoms with van der Waals surface area (Å²) >= 11 is 0. The fraction of sp³-hybridized carbons (Fsp3) is 1.00. The summed E-state index contributed by atoms with van der Waals surface area (Å²) in [6, 6.07) is 0. The molecule has 0 nitrogen and oxygen atoms in total. The molecule has 0 aromatic carbocycles. The predicted octanol–water partition coefficient (Wildman–Crippen LogP) is 4.74. The largest absolute Gasteiger partial charge is 0.0622 e. The minimum Gasteiger partial charge on any atom is -0.0622 e. The van der Waals surface area contributed by atoms with Crippen LogP contribution in [0.25, 0.3) is 0 Å². The molecule has 0 N–H and O–H groups in total.